The number of rotatable bonds is 3. The fourth-order valence-corrected chi connectivity index (χ4v) is 2.87. The van der Waals surface area contributed by atoms with E-state index in [-0.39, 0.29) is 12.2 Å². The lowest BCUT2D eigenvalue weighted by Gasteiger charge is -2.12. The molecule has 23 heavy (non-hydrogen) atoms. The molecule has 3 aromatic rings. The van der Waals surface area contributed by atoms with Crippen molar-refractivity contribution in [1.82, 2.24) is 19.9 Å². The zero-order valence-electron chi connectivity index (χ0n) is 12.4. The Hall–Kier alpha value is -2.67. The molecule has 0 radical (unpaired) electrons. The minimum atomic E-state index is -0.295. The monoisotopic (exact) mass is 311 g/mol. The van der Waals surface area contributed by atoms with Crippen LogP contribution in [0, 0.1) is 0 Å². The molecule has 1 saturated carbocycles. The molecule has 118 valence electrons. The Bertz CT molecular complexity index is 814. The highest BCUT2D eigenvalue weighted by atomic mass is 16.5. The first-order chi connectivity index (χ1) is 11.2. The van der Waals surface area contributed by atoms with Crippen LogP contribution in [-0.2, 0) is 0 Å². The summed E-state index contributed by atoms with van der Waals surface area (Å²) in [5.74, 6) is 1.25. The van der Waals surface area contributed by atoms with Crippen molar-refractivity contribution in [2.24, 2.45) is 0 Å². The molecular weight excluding hydrogens is 294 g/mol. The van der Waals surface area contributed by atoms with Crippen LogP contribution in [0.1, 0.15) is 19.3 Å². The topological polar surface area (TPSA) is 110 Å². The SMILES string of the molecule is Nc1ncc(O[C@H]2CC[C@@H](O)C2)nc1-c1nc2ccccc2[nH]1. The third-order valence-electron chi connectivity index (χ3n) is 4.04. The number of nitrogens with zero attached hydrogens (tertiary/aromatic N) is 3. The van der Waals surface area contributed by atoms with Crippen LogP contribution >= 0.6 is 0 Å². The summed E-state index contributed by atoms with van der Waals surface area (Å²) in [6.07, 6.45) is 3.36. The van der Waals surface area contributed by atoms with E-state index in [1.807, 2.05) is 24.3 Å². The van der Waals surface area contributed by atoms with Gasteiger partial charge in [-0.15, -0.1) is 0 Å². The lowest BCUT2D eigenvalue weighted by Crippen LogP contribution is -2.15. The number of aromatic nitrogens is 4. The van der Waals surface area contributed by atoms with Gasteiger partial charge in [0.05, 0.1) is 23.3 Å². The van der Waals surface area contributed by atoms with Gasteiger partial charge in [-0.05, 0) is 25.0 Å². The predicted octanol–water partition coefficient (Wildman–Crippen LogP) is 1.89. The Morgan fingerprint density at radius 2 is 2.09 bits per heavy atom. The molecule has 0 spiro atoms. The first kappa shape index (κ1) is 14.0. The van der Waals surface area contributed by atoms with Crippen LogP contribution in [0.3, 0.4) is 0 Å². The number of fused-ring (bicyclic) bond motifs is 1. The molecule has 0 unspecified atom stereocenters. The maximum atomic E-state index is 9.58. The van der Waals surface area contributed by atoms with Gasteiger partial charge in [0.1, 0.15) is 6.10 Å². The summed E-state index contributed by atoms with van der Waals surface area (Å²) in [4.78, 5) is 16.3. The van der Waals surface area contributed by atoms with E-state index in [1.54, 1.807) is 0 Å². The molecule has 0 amide bonds. The van der Waals surface area contributed by atoms with Gasteiger partial charge in [0.2, 0.25) is 5.88 Å². The number of nitrogens with two attached hydrogens (primary N) is 1. The molecule has 7 heteroatoms. The number of H-pyrrole nitrogens is 1. The average Bonchev–Trinajstić information content (AvgIpc) is 3.15. The van der Waals surface area contributed by atoms with Gasteiger partial charge < -0.3 is 20.6 Å². The van der Waals surface area contributed by atoms with Gasteiger partial charge >= 0.3 is 0 Å². The fraction of sp³-hybridized carbons (Fsp3) is 0.312. The molecule has 1 aromatic carbocycles. The third kappa shape index (κ3) is 2.70. The number of nitrogens with one attached hydrogen (secondary N) is 1. The van der Waals surface area contributed by atoms with E-state index in [9.17, 15) is 5.11 Å². The van der Waals surface area contributed by atoms with E-state index in [0.29, 0.717) is 29.6 Å². The van der Waals surface area contributed by atoms with E-state index in [0.717, 1.165) is 23.9 Å². The van der Waals surface area contributed by atoms with Crippen molar-refractivity contribution >= 4 is 16.9 Å². The number of aliphatic hydroxyl groups excluding tert-OH is 1. The molecule has 2 atom stereocenters. The molecule has 1 aliphatic carbocycles. The van der Waals surface area contributed by atoms with E-state index < -0.39 is 0 Å². The number of anilines is 1. The lowest BCUT2D eigenvalue weighted by molar-refractivity contribution is 0.146. The summed E-state index contributed by atoms with van der Waals surface area (Å²) in [5.41, 5.74) is 8.17. The lowest BCUT2D eigenvalue weighted by atomic mass is 10.3. The van der Waals surface area contributed by atoms with Crippen molar-refractivity contribution in [1.29, 1.82) is 0 Å². The number of imidazole rings is 1. The molecule has 4 N–H and O–H groups in total. The molecule has 2 aromatic heterocycles. The molecule has 1 aliphatic rings. The Morgan fingerprint density at radius 3 is 2.87 bits per heavy atom. The van der Waals surface area contributed by atoms with Gasteiger partial charge in [-0.1, -0.05) is 12.1 Å². The molecular formula is C16H17N5O2. The van der Waals surface area contributed by atoms with Crippen molar-refractivity contribution in [3.05, 3.63) is 30.5 Å². The Balaban J connectivity index is 1.66. The van der Waals surface area contributed by atoms with Crippen LogP contribution in [0.2, 0.25) is 0 Å². The van der Waals surface area contributed by atoms with Gasteiger partial charge in [0, 0.05) is 6.42 Å². The zero-order chi connectivity index (χ0) is 15.8. The Labute approximate surface area is 132 Å². The van der Waals surface area contributed by atoms with Crippen molar-refractivity contribution in [3.63, 3.8) is 0 Å². The summed E-state index contributed by atoms with van der Waals surface area (Å²) in [6.45, 7) is 0. The number of para-hydroxylation sites is 2. The summed E-state index contributed by atoms with van der Waals surface area (Å²) in [7, 11) is 0. The van der Waals surface area contributed by atoms with Crippen molar-refractivity contribution < 1.29 is 9.84 Å². The third-order valence-corrected chi connectivity index (χ3v) is 4.04. The maximum Gasteiger partial charge on any atom is 0.233 e. The number of hydrogen-bond acceptors (Lipinski definition) is 6. The van der Waals surface area contributed by atoms with Crippen LogP contribution in [0.25, 0.3) is 22.6 Å². The Morgan fingerprint density at radius 1 is 1.22 bits per heavy atom. The summed E-state index contributed by atoms with van der Waals surface area (Å²) in [6, 6.07) is 7.71. The predicted molar refractivity (Wildman–Crippen MR) is 85.8 cm³/mol. The van der Waals surface area contributed by atoms with E-state index in [1.165, 1.54) is 6.20 Å². The second-order valence-corrected chi connectivity index (χ2v) is 5.75. The Kier molecular flexibility index (Phi) is 3.34. The number of aliphatic hydroxyl groups is 1. The molecule has 0 saturated heterocycles. The highest BCUT2D eigenvalue weighted by Gasteiger charge is 2.25. The van der Waals surface area contributed by atoms with Crippen LogP contribution < -0.4 is 10.5 Å². The number of benzene rings is 1. The quantitative estimate of drug-likeness (QED) is 0.681. The van der Waals surface area contributed by atoms with E-state index in [4.69, 9.17) is 10.5 Å². The first-order valence-corrected chi connectivity index (χ1v) is 7.61. The van der Waals surface area contributed by atoms with E-state index in [2.05, 4.69) is 19.9 Å². The number of nitrogen functional groups attached to an aromatic ring is 1. The number of aromatic amines is 1. The molecule has 0 bridgehead atoms. The van der Waals surface area contributed by atoms with Crippen molar-refractivity contribution in [2.75, 3.05) is 5.73 Å². The molecule has 7 nitrogen and oxygen atoms in total. The highest BCUT2D eigenvalue weighted by Crippen LogP contribution is 2.27. The second-order valence-electron chi connectivity index (χ2n) is 5.75. The molecule has 1 fully saturated rings. The van der Waals surface area contributed by atoms with Gasteiger partial charge in [-0.2, -0.15) is 0 Å². The number of hydrogen-bond donors (Lipinski definition) is 3. The van der Waals surface area contributed by atoms with Gasteiger partial charge in [0.15, 0.2) is 17.3 Å². The minimum absolute atomic E-state index is 0.0357. The molecule has 0 aliphatic heterocycles. The van der Waals surface area contributed by atoms with E-state index >= 15 is 0 Å². The smallest absolute Gasteiger partial charge is 0.233 e. The largest absolute Gasteiger partial charge is 0.473 e. The van der Waals surface area contributed by atoms with Gasteiger partial charge in [-0.3, -0.25) is 0 Å². The number of ether oxygens (including phenoxy) is 1. The van der Waals surface area contributed by atoms with Crippen molar-refractivity contribution in [2.45, 2.75) is 31.5 Å². The summed E-state index contributed by atoms with van der Waals surface area (Å²) in [5, 5.41) is 9.58. The van der Waals surface area contributed by atoms with Crippen LogP contribution in [0.5, 0.6) is 5.88 Å². The van der Waals surface area contributed by atoms with Crippen LogP contribution in [-0.4, -0.2) is 37.3 Å². The average molecular weight is 311 g/mol. The van der Waals surface area contributed by atoms with Crippen molar-refractivity contribution in [3.8, 4) is 17.4 Å². The second kappa shape index (κ2) is 5.51. The highest BCUT2D eigenvalue weighted by molar-refractivity contribution is 5.80. The van der Waals surface area contributed by atoms with Gasteiger partial charge in [0.25, 0.3) is 0 Å². The van der Waals surface area contributed by atoms with Crippen LogP contribution in [0.4, 0.5) is 5.82 Å². The molecule has 2 heterocycles. The maximum absolute atomic E-state index is 9.58. The summed E-state index contributed by atoms with van der Waals surface area (Å²) < 4.78 is 5.81. The first-order valence-electron chi connectivity index (χ1n) is 7.61. The zero-order valence-corrected chi connectivity index (χ0v) is 12.4. The van der Waals surface area contributed by atoms with Crippen LogP contribution in [0.15, 0.2) is 30.5 Å². The summed E-state index contributed by atoms with van der Waals surface area (Å²) >= 11 is 0. The molecule has 4 rings (SSSR count). The normalized spacial score (nSPS) is 20.9. The van der Waals surface area contributed by atoms with Gasteiger partial charge in [-0.25, -0.2) is 15.0 Å². The minimum Gasteiger partial charge on any atom is -0.473 e. The fourth-order valence-electron chi connectivity index (χ4n) is 2.87. The standard InChI is InChI=1S/C16H17N5O2/c17-15-14(16-19-11-3-1-2-4-12(11)20-16)21-13(8-18-15)23-10-6-5-9(22)7-10/h1-4,8-10,22H,5-7H2,(H2,17,18)(H,19,20)/t9-,10+/m1/s1.